The Bertz CT molecular complexity index is 511. The molecule has 0 saturated carbocycles. The van der Waals surface area contributed by atoms with Gasteiger partial charge in [-0.2, -0.15) is 13.2 Å². The molecule has 1 aliphatic rings. The maximum Gasteiger partial charge on any atom is 0.416 e. The molecule has 0 radical (unpaired) electrons. The van der Waals surface area contributed by atoms with E-state index in [1.807, 2.05) is 0 Å². The normalized spacial score (nSPS) is 17.6. The standard InChI is InChI=1S/C11H10F3N3O2/c12-11(13,14)8-1-3-9(4-2-8)16-6-5-15-10(16)7-17(18)19/h1-4,7,15H,5-6H2. The first-order chi connectivity index (χ1) is 8.88. The van der Waals surface area contributed by atoms with Crippen LogP contribution in [0.3, 0.4) is 0 Å². The van der Waals surface area contributed by atoms with Gasteiger partial charge in [0, 0.05) is 18.8 Å². The van der Waals surface area contributed by atoms with Crippen molar-refractivity contribution in [2.75, 3.05) is 18.0 Å². The van der Waals surface area contributed by atoms with Gasteiger partial charge in [0.25, 0.3) is 6.20 Å². The summed E-state index contributed by atoms with van der Waals surface area (Å²) < 4.78 is 37.3. The fourth-order valence-electron chi connectivity index (χ4n) is 1.83. The first-order valence-corrected chi connectivity index (χ1v) is 5.42. The predicted molar refractivity (Wildman–Crippen MR) is 61.9 cm³/mol. The van der Waals surface area contributed by atoms with E-state index in [4.69, 9.17) is 0 Å². The van der Waals surface area contributed by atoms with Gasteiger partial charge in [-0.3, -0.25) is 10.1 Å². The zero-order valence-corrected chi connectivity index (χ0v) is 9.65. The number of halogens is 3. The molecule has 0 aromatic heterocycles. The van der Waals surface area contributed by atoms with Crippen LogP contribution >= 0.6 is 0 Å². The first-order valence-electron chi connectivity index (χ1n) is 5.42. The minimum atomic E-state index is -4.39. The van der Waals surface area contributed by atoms with Gasteiger partial charge in [-0.15, -0.1) is 0 Å². The first kappa shape index (κ1) is 13.2. The Hall–Kier alpha value is -2.25. The molecular formula is C11H10F3N3O2. The van der Waals surface area contributed by atoms with Crippen LogP contribution in [0.15, 0.2) is 36.3 Å². The van der Waals surface area contributed by atoms with Gasteiger partial charge in [-0.1, -0.05) is 0 Å². The van der Waals surface area contributed by atoms with Gasteiger partial charge in [-0.25, -0.2) is 0 Å². The Morgan fingerprint density at radius 2 is 1.95 bits per heavy atom. The van der Waals surface area contributed by atoms with E-state index in [9.17, 15) is 23.3 Å². The molecule has 0 spiro atoms. The van der Waals surface area contributed by atoms with Gasteiger partial charge in [0.15, 0.2) is 5.82 Å². The molecule has 1 heterocycles. The van der Waals surface area contributed by atoms with Crippen molar-refractivity contribution in [3.8, 4) is 0 Å². The zero-order chi connectivity index (χ0) is 14.0. The Morgan fingerprint density at radius 1 is 1.32 bits per heavy atom. The molecule has 8 heteroatoms. The van der Waals surface area contributed by atoms with Crippen LogP contribution in [0.4, 0.5) is 18.9 Å². The molecule has 1 saturated heterocycles. The lowest BCUT2D eigenvalue weighted by Gasteiger charge is -2.17. The smallest absolute Gasteiger partial charge is 0.365 e. The van der Waals surface area contributed by atoms with Crippen molar-refractivity contribution in [1.29, 1.82) is 0 Å². The lowest BCUT2D eigenvalue weighted by molar-refractivity contribution is -0.403. The Morgan fingerprint density at radius 3 is 2.47 bits per heavy atom. The van der Waals surface area contributed by atoms with Gasteiger partial charge in [0.1, 0.15) is 0 Å². The summed E-state index contributed by atoms with van der Waals surface area (Å²) in [6.07, 6.45) is -3.59. The molecule has 0 bridgehead atoms. The summed E-state index contributed by atoms with van der Waals surface area (Å²) in [4.78, 5) is 11.4. The molecule has 0 aliphatic carbocycles. The summed E-state index contributed by atoms with van der Waals surface area (Å²) >= 11 is 0. The van der Waals surface area contributed by atoms with Gasteiger partial charge < -0.3 is 10.2 Å². The highest BCUT2D eigenvalue weighted by Gasteiger charge is 2.30. The number of hydrogen-bond acceptors (Lipinski definition) is 4. The Kier molecular flexibility index (Phi) is 3.32. The molecule has 1 aromatic carbocycles. The van der Waals surface area contributed by atoms with Crippen molar-refractivity contribution in [1.82, 2.24) is 5.32 Å². The van der Waals surface area contributed by atoms with Crippen molar-refractivity contribution in [2.45, 2.75) is 6.18 Å². The summed E-state index contributed by atoms with van der Waals surface area (Å²) in [5.74, 6) is 0.268. The van der Waals surface area contributed by atoms with E-state index in [0.29, 0.717) is 18.8 Å². The van der Waals surface area contributed by atoms with E-state index in [1.165, 1.54) is 12.1 Å². The average Bonchev–Trinajstić information content (AvgIpc) is 2.75. The number of nitro groups is 1. The fraction of sp³-hybridized carbons (Fsp3) is 0.273. The summed E-state index contributed by atoms with van der Waals surface area (Å²) in [5.41, 5.74) is -0.269. The largest absolute Gasteiger partial charge is 0.416 e. The number of alkyl halides is 3. The molecule has 0 unspecified atom stereocenters. The number of hydrogen-bond donors (Lipinski definition) is 1. The van der Waals surface area contributed by atoms with Gasteiger partial charge in [0.05, 0.1) is 10.5 Å². The minimum Gasteiger partial charge on any atom is -0.365 e. The third kappa shape index (κ3) is 2.95. The molecular weight excluding hydrogens is 263 g/mol. The van der Waals surface area contributed by atoms with E-state index < -0.39 is 16.7 Å². The van der Waals surface area contributed by atoms with Gasteiger partial charge in [-0.05, 0) is 24.3 Å². The third-order valence-corrected chi connectivity index (χ3v) is 2.67. The monoisotopic (exact) mass is 273 g/mol. The SMILES string of the molecule is O=[N+]([O-])C=C1NCCN1c1ccc(C(F)(F)F)cc1. The number of nitrogens with zero attached hydrogens (tertiary/aromatic N) is 2. The topological polar surface area (TPSA) is 58.4 Å². The number of anilines is 1. The number of rotatable bonds is 2. The van der Waals surface area contributed by atoms with Gasteiger partial charge in [0.2, 0.25) is 0 Å². The molecule has 1 aliphatic heterocycles. The van der Waals surface area contributed by atoms with Crippen LogP contribution in [-0.4, -0.2) is 18.0 Å². The second-order valence-electron chi connectivity index (χ2n) is 3.92. The number of benzene rings is 1. The minimum absolute atomic E-state index is 0.268. The van der Waals surface area contributed by atoms with E-state index in [2.05, 4.69) is 5.32 Å². The maximum absolute atomic E-state index is 12.4. The lowest BCUT2D eigenvalue weighted by Crippen LogP contribution is -2.20. The van der Waals surface area contributed by atoms with Crippen LogP contribution < -0.4 is 10.2 Å². The van der Waals surface area contributed by atoms with Crippen LogP contribution in [-0.2, 0) is 6.18 Å². The van der Waals surface area contributed by atoms with Crippen LogP contribution in [0.2, 0.25) is 0 Å². The summed E-state index contributed by atoms with van der Waals surface area (Å²) in [7, 11) is 0. The second kappa shape index (κ2) is 4.79. The fourth-order valence-corrected chi connectivity index (χ4v) is 1.83. The highest BCUT2D eigenvalue weighted by Crippen LogP contribution is 2.31. The number of nitrogens with one attached hydrogen (secondary N) is 1. The average molecular weight is 273 g/mol. The molecule has 1 fully saturated rings. The van der Waals surface area contributed by atoms with Crippen molar-refractivity contribution < 1.29 is 18.1 Å². The summed E-state index contributed by atoms with van der Waals surface area (Å²) in [6, 6.07) is 4.50. The Balaban J connectivity index is 2.25. The molecule has 2 rings (SSSR count). The van der Waals surface area contributed by atoms with Crippen molar-refractivity contribution >= 4 is 5.69 Å². The van der Waals surface area contributed by atoms with Crippen LogP contribution in [0, 0.1) is 10.1 Å². The van der Waals surface area contributed by atoms with Crippen molar-refractivity contribution in [3.63, 3.8) is 0 Å². The summed E-state index contributed by atoms with van der Waals surface area (Å²) in [6.45, 7) is 0.964. The van der Waals surface area contributed by atoms with E-state index in [0.717, 1.165) is 18.3 Å². The molecule has 5 nitrogen and oxygen atoms in total. The highest BCUT2D eigenvalue weighted by atomic mass is 19.4. The van der Waals surface area contributed by atoms with Crippen LogP contribution in [0.25, 0.3) is 0 Å². The van der Waals surface area contributed by atoms with Crippen molar-refractivity contribution in [2.24, 2.45) is 0 Å². The van der Waals surface area contributed by atoms with E-state index >= 15 is 0 Å². The van der Waals surface area contributed by atoms with E-state index in [1.54, 1.807) is 4.90 Å². The van der Waals surface area contributed by atoms with Crippen LogP contribution in [0.1, 0.15) is 5.56 Å². The summed E-state index contributed by atoms with van der Waals surface area (Å²) in [5, 5.41) is 13.2. The zero-order valence-electron chi connectivity index (χ0n) is 9.65. The molecule has 1 N–H and O–H groups in total. The predicted octanol–water partition coefficient (Wildman–Crippen LogP) is 2.19. The third-order valence-electron chi connectivity index (χ3n) is 2.67. The molecule has 0 atom stereocenters. The molecule has 102 valence electrons. The molecule has 0 amide bonds. The second-order valence-corrected chi connectivity index (χ2v) is 3.92. The molecule has 19 heavy (non-hydrogen) atoms. The molecule has 1 aromatic rings. The lowest BCUT2D eigenvalue weighted by atomic mass is 10.2. The maximum atomic E-state index is 12.4. The quantitative estimate of drug-likeness (QED) is 0.663. The Labute approximate surface area is 106 Å². The van der Waals surface area contributed by atoms with Gasteiger partial charge >= 0.3 is 6.18 Å². The highest BCUT2D eigenvalue weighted by molar-refractivity contribution is 5.54. The van der Waals surface area contributed by atoms with Crippen LogP contribution in [0.5, 0.6) is 0 Å². The van der Waals surface area contributed by atoms with Crippen molar-refractivity contribution in [3.05, 3.63) is 52.0 Å². The van der Waals surface area contributed by atoms with E-state index in [-0.39, 0.29) is 5.82 Å².